The molecule has 6 nitrogen and oxygen atoms in total. The topological polar surface area (TPSA) is 81.1 Å². The number of hydrogen-bond donors (Lipinski definition) is 1. The van der Waals surface area contributed by atoms with Crippen molar-refractivity contribution >= 4 is 27.2 Å². The van der Waals surface area contributed by atoms with Crippen molar-refractivity contribution in [1.29, 1.82) is 0 Å². The summed E-state index contributed by atoms with van der Waals surface area (Å²) in [7, 11) is -2.16. The Kier molecular flexibility index (Phi) is 3.46. The first-order valence-electron chi connectivity index (χ1n) is 5.42. The van der Waals surface area contributed by atoms with Crippen molar-refractivity contribution in [3.8, 4) is 0 Å². The maximum absolute atomic E-state index is 12.2. The molecule has 2 heterocycles. The zero-order valence-electron chi connectivity index (χ0n) is 10.7. The van der Waals surface area contributed by atoms with E-state index >= 15 is 0 Å². The van der Waals surface area contributed by atoms with E-state index < -0.39 is 10.0 Å². The summed E-state index contributed by atoms with van der Waals surface area (Å²) >= 11 is 1.41. The van der Waals surface area contributed by atoms with Crippen molar-refractivity contribution in [2.75, 3.05) is 4.72 Å². The lowest BCUT2D eigenvalue weighted by atomic mass is 10.4. The molecule has 0 fully saturated rings. The summed E-state index contributed by atoms with van der Waals surface area (Å²) in [5.74, 6) is 0.0198. The Balaban J connectivity index is 2.39. The molecule has 2 aromatic heterocycles. The van der Waals surface area contributed by atoms with Gasteiger partial charge in [-0.05, 0) is 19.9 Å². The Hall–Kier alpha value is -1.67. The fourth-order valence-electron chi connectivity index (χ4n) is 1.58. The molecule has 0 aromatic carbocycles. The van der Waals surface area contributed by atoms with Gasteiger partial charge in [-0.3, -0.25) is 9.52 Å². The van der Waals surface area contributed by atoms with Crippen LogP contribution in [0.2, 0.25) is 0 Å². The summed E-state index contributed by atoms with van der Waals surface area (Å²) in [6, 6.07) is 2.75. The average Bonchev–Trinajstić information content (AvgIpc) is 2.63. The Morgan fingerprint density at radius 2 is 2.00 bits per heavy atom. The highest BCUT2D eigenvalue weighted by Crippen LogP contribution is 2.26. The van der Waals surface area contributed by atoms with Crippen LogP contribution in [0.3, 0.4) is 0 Å². The molecule has 0 radical (unpaired) electrons. The van der Waals surface area contributed by atoms with Crippen LogP contribution in [0.4, 0.5) is 5.82 Å². The normalized spacial score (nSPS) is 11.5. The molecule has 19 heavy (non-hydrogen) atoms. The van der Waals surface area contributed by atoms with Crippen LogP contribution in [0.25, 0.3) is 0 Å². The highest BCUT2D eigenvalue weighted by atomic mass is 32.2. The van der Waals surface area contributed by atoms with Gasteiger partial charge < -0.3 is 4.57 Å². The summed E-state index contributed by atoms with van der Waals surface area (Å²) in [6.45, 7) is 3.58. The van der Waals surface area contributed by atoms with Crippen LogP contribution in [0, 0.1) is 13.8 Å². The average molecular weight is 299 g/mol. The molecule has 0 aliphatic heterocycles. The predicted molar refractivity (Wildman–Crippen MR) is 74.1 cm³/mol. The van der Waals surface area contributed by atoms with Crippen LogP contribution >= 0.6 is 11.3 Å². The van der Waals surface area contributed by atoms with Crippen LogP contribution < -0.4 is 10.3 Å². The van der Waals surface area contributed by atoms with Gasteiger partial charge in [0.15, 0.2) is 0 Å². The number of aromatic nitrogens is 2. The molecule has 0 bridgehead atoms. The number of thiophene rings is 1. The molecule has 2 rings (SSSR count). The molecule has 0 saturated carbocycles. The lowest BCUT2D eigenvalue weighted by Gasteiger charge is -2.06. The summed E-state index contributed by atoms with van der Waals surface area (Å²) in [4.78, 5) is 17.1. The molecule has 2 aromatic rings. The Morgan fingerprint density at radius 3 is 2.53 bits per heavy atom. The van der Waals surface area contributed by atoms with Gasteiger partial charge in [0.2, 0.25) is 0 Å². The number of nitrogens with zero attached hydrogens (tertiary/aromatic N) is 2. The number of hydrogen-bond acceptors (Lipinski definition) is 5. The zero-order valence-corrected chi connectivity index (χ0v) is 12.3. The molecule has 0 unspecified atom stereocenters. The van der Waals surface area contributed by atoms with Gasteiger partial charge in [0.05, 0.1) is 6.33 Å². The quantitative estimate of drug-likeness (QED) is 0.925. The second-order valence-electron chi connectivity index (χ2n) is 4.11. The monoisotopic (exact) mass is 299 g/mol. The molecule has 1 N–H and O–H groups in total. The smallest absolute Gasteiger partial charge is 0.264 e. The third-order valence-electron chi connectivity index (χ3n) is 2.50. The molecule has 0 amide bonds. The lowest BCUT2D eigenvalue weighted by molar-refractivity contribution is 0.601. The number of sulfonamides is 1. The maximum Gasteiger partial charge on any atom is 0.264 e. The molecule has 0 atom stereocenters. The van der Waals surface area contributed by atoms with E-state index in [2.05, 4.69) is 9.71 Å². The van der Waals surface area contributed by atoms with Crippen molar-refractivity contribution in [2.24, 2.45) is 7.05 Å². The lowest BCUT2D eigenvalue weighted by Crippen LogP contribution is -2.20. The number of anilines is 1. The molecule has 8 heteroatoms. The van der Waals surface area contributed by atoms with E-state index in [0.29, 0.717) is 4.88 Å². The predicted octanol–water partition coefficient (Wildman–Crippen LogP) is 1.26. The van der Waals surface area contributed by atoms with Gasteiger partial charge in [-0.25, -0.2) is 13.4 Å². The highest BCUT2D eigenvalue weighted by Gasteiger charge is 2.19. The van der Waals surface area contributed by atoms with E-state index in [1.807, 2.05) is 6.92 Å². The van der Waals surface area contributed by atoms with Gasteiger partial charge in [0, 0.05) is 22.9 Å². The third-order valence-corrected chi connectivity index (χ3v) is 5.08. The number of nitrogens with one attached hydrogen (secondary N) is 1. The van der Waals surface area contributed by atoms with Crippen molar-refractivity contribution in [1.82, 2.24) is 9.55 Å². The molecule has 0 aliphatic carbocycles. The van der Waals surface area contributed by atoms with Crippen LogP contribution in [0.15, 0.2) is 28.2 Å². The van der Waals surface area contributed by atoms with Crippen molar-refractivity contribution in [2.45, 2.75) is 18.7 Å². The second kappa shape index (κ2) is 4.78. The van der Waals surface area contributed by atoms with Gasteiger partial charge in [0.25, 0.3) is 15.6 Å². The summed E-state index contributed by atoms with van der Waals surface area (Å²) in [5, 5.41) is 0. The van der Waals surface area contributed by atoms with Gasteiger partial charge in [0.1, 0.15) is 10.7 Å². The first-order chi connectivity index (χ1) is 8.79. The third kappa shape index (κ3) is 2.85. The van der Waals surface area contributed by atoms with Crippen LogP contribution in [-0.4, -0.2) is 18.0 Å². The fraction of sp³-hybridized carbons (Fsp3) is 0.273. The van der Waals surface area contributed by atoms with Gasteiger partial charge in [-0.1, -0.05) is 0 Å². The fourth-order valence-corrected chi connectivity index (χ4v) is 4.14. The van der Waals surface area contributed by atoms with Gasteiger partial charge in [-0.15, -0.1) is 11.3 Å². The first-order valence-corrected chi connectivity index (χ1v) is 7.72. The molecular weight excluding hydrogens is 286 g/mol. The van der Waals surface area contributed by atoms with Crippen molar-refractivity contribution in [3.05, 3.63) is 38.6 Å². The van der Waals surface area contributed by atoms with E-state index in [1.165, 1.54) is 22.2 Å². The molecule has 0 saturated heterocycles. The standard InChI is InChI=1S/C11H13N3O3S2/c1-7-4-9(8(2)18-7)19(16,17)13-10-5-11(15)14(3)6-12-10/h4-6,13H,1-3H3. The summed E-state index contributed by atoms with van der Waals surface area (Å²) in [5.41, 5.74) is -0.328. The Labute approximate surface area is 114 Å². The van der Waals surface area contributed by atoms with Crippen LogP contribution in [0.5, 0.6) is 0 Å². The van der Waals surface area contributed by atoms with E-state index in [9.17, 15) is 13.2 Å². The molecular formula is C11H13N3O3S2. The minimum Gasteiger partial charge on any atom is -0.302 e. The summed E-state index contributed by atoms with van der Waals surface area (Å²) in [6.07, 6.45) is 1.27. The van der Waals surface area contributed by atoms with E-state index in [1.54, 1.807) is 20.0 Å². The zero-order chi connectivity index (χ0) is 14.2. The summed E-state index contributed by atoms with van der Waals surface area (Å²) < 4.78 is 27.9. The molecule has 0 aliphatic rings. The Bertz CT molecular complexity index is 775. The van der Waals surface area contributed by atoms with Crippen LogP contribution in [-0.2, 0) is 17.1 Å². The van der Waals surface area contributed by atoms with Crippen LogP contribution in [0.1, 0.15) is 9.75 Å². The van der Waals surface area contributed by atoms with Gasteiger partial charge in [-0.2, -0.15) is 0 Å². The molecule has 102 valence electrons. The number of aryl methyl sites for hydroxylation is 3. The Morgan fingerprint density at radius 1 is 1.32 bits per heavy atom. The second-order valence-corrected chi connectivity index (χ2v) is 7.22. The number of rotatable bonds is 3. The minimum atomic E-state index is -3.70. The molecule has 0 spiro atoms. The maximum atomic E-state index is 12.2. The van der Waals surface area contributed by atoms with E-state index in [0.717, 1.165) is 10.9 Å². The minimum absolute atomic E-state index is 0.0198. The first kappa shape index (κ1) is 13.8. The SMILES string of the molecule is Cc1cc(S(=O)(=O)Nc2cc(=O)n(C)cn2)c(C)s1. The van der Waals surface area contributed by atoms with Gasteiger partial charge >= 0.3 is 0 Å². The van der Waals surface area contributed by atoms with Crippen molar-refractivity contribution < 1.29 is 8.42 Å². The van der Waals surface area contributed by atoms with E-state index in [4.69, 9.17) is 0 Å². The van der Waals surface area contributed by atoms with E-state index in [-0.39, 0.29) is 16.3 Å². The largest absolute Gasteiger partial charge is 0.302 e. The highest BCUT2D eigenvalue weighted by molar-refractivity contribution is 7.93. The van der Waals surface area contributed by atoms with Crippen molar-refractivity contribution in [3.63, 3.8) is 0 Å².